The summed E-state index contributed by atoms with van der Waals surface area (Å²) < 4.78 is 1.48. The topological polar surface area (TPSA) is 90.0 Å². The van der Waals surface area contributed by atoms with Crippen LogP contribution in [0.3, 0.4) is 0 Å². The third-order valence-corrected chi connectivity index (χ3v) is 4.64. The Morgan fingerprint density at radius 3 is 2.79 bits per heavy atom. The second-order valence-corrected chi connectivity index (χ2v) is 6.45. The van der Waals surface area contributed by atoms with Crippen LogP contribution in [0, 0.1) is 5.92 Å². The first kappa shape index (κ1) is 18.4. The van der Waals surface area contributed by atoms with Crippen molar-refractivity contribution in [1.29, 1.82) is 0 Å². The van der Waals surface area contributed by atoms with E-state index < -0.39 is 0 Å². The molecule has 0 bridgehead atoms. The summed E-state index contributed by atoms with van der Waals surface area (Å²) in [6, 6.07) is 7.21. The zero-order chi connectivity index (χ0) is 16.4. The molecule has 2 aromatic rings. The average molecular weight is 351 g/mol. The normalized spacial score (nSPS) is 16.2. The Morgan fingerprint density at radius 1 is 1.42 bits per heavy atom. The number of aryl methyl sites for hydroxylation is 1. The van der Waals surface area contributed by atoms with Gasteiger partial charge in [-0.1, -0.05) is 12.1 Å². The van der Waals surface area contributed by atoms with Crippen molar-refractivity contribution in [2.24, 2.45) is 11.7 Å². The molecule has 0 radical (unpaired) electrons. The number of halogens is 1. The molecule has 6 nitrogen and oxygen atoms in total. The first-order valence-corrected chi connectivity index (χ1v) is 7.99. The minimum absolute atomic E-state index is 0. The van der Waals surface area contributed by atoms with Crippen molar-refractivity contribution in [1.82, 2.24) is 14.9 Å². The SMILES string of the molecule is CC(CN)(NC(=O)CCn1cnc2ccccc2c1=O)C1CC1.Cl. The molecule has 1 aliphatic rings. The second-order valence-electron chi connectivity index (χ2n) is 6.45. The number of rotatable bonds is 6. The highest BCUT2D eigenvalue weighted by Crippen LogP contribution is 2.38. The van der Waals surface area contributed by atoms with E-state index in [0.29, 0.717) is 29.9 Å². The summed E-state index contributed by atoms with van der Waals surface area (Å²) >= 11 is 0. The maximum Gasteiger partial charge on any atom is 0.261 e. The van der Waals surface area contributed by atoms with Gasteiger partial charge in [-0.25, -0.2) is 4.98 Å². The minimum atomic E-state index is -0.330. The molecule has 0 spiro atoms. The first-order valence-electron chi connectivity index (χ1n) is 7.99. The number of aromatic nitrogens is 2. The van der Waals surface area contributed by atoms with Gasteiger partial charge in [0.2, 0.25) is 5.91 Å². The van der Waals surface area contributed by atoms with Crippen LogP contribution in [-0.4, -0.2) is 27.5 Å². The molecule has 7 heteroatoms. The highest BCUT2D eigenvalue weighted by molar-refractivity contribution is 5.85. The number of carbonyl (C=O) groups is 1. The third-order valence-electron chi connectivity index (χ3n) is 4.64. The molecule has 0 aliphatic heterocycles. The van der Waals surface area contributed by atoms with Gasteiger partial charge in [0.1, 0.15) is 0 Å². The van der Waals surface area contributed by atoms with Gasteiger partial charge in [0, 0.05) is 19.5 Å². The molecule has 1 atom stereocenters. The van der Waals surface area contributed by atoms with Crippen molar-refractivity contribution in [3.8, 4) is 0 Å². The van der Waals surface area contributed by atoms with Gasteiger partial charge in [-0.2, -0.15) is 0 Å². The Balaban J connectivity index is 0.00000208. The molecule has 3 rings (SSSR count). The van der Waals surface area contributed by atoms with E-state index in [4.69, 9.17) is 5.73 Å². The van der Waals surface area contributed by atoms with Gasteiger partial charge in [-0.15, -0.1) is 12.4 Å². The number of fused-ring (bicyclic) bond motifs is 1. The van der Waals surface area contributed by atoms with Crippen LogP contribution in [0.5, 0.6) is 0 Å². The molecule has 1 unspecified atom stereocenters. The molecule has 24 heavy (non-hydrogen) atoms. The van der Waals surface area contributed by atoms with Gasteiger partial charge in [-0.3, -0.25) is 14.2 Å². The van der Waals surface area contributed by atoms with Crippen molar-refractivity contribution in [2.45, 2.75) is 38.3 Å². The van der Waals surface area contributed by atoms with Gasteiger partial charge in [0.15, 0.2) is 0 Å². The smallest absolute Gasteiger partial charge is 0.261 e. The van der Waals surface area contributed by atoms with E-state index in [2.05, 4.69) is 10.3 Å². The first-order chi connectivity index (χ1) is 11.0. The van der Waals surface area contributed by atoms with Crippen LogP contribution < -0.4 is 16.6 Å². The van der Waals surface area contributed by atoms with Crippen LogP contribution in [0.4, 0.5) is 0 Å². The number of nitrogens with zero attached hydrogens (tertiary/aromatic N) is 2. The Labute approximate surface area is 146 Å². The number of benzene rings is 1. The van der Waals surface area contributed by atoms with E-state index in [1.165, 1.54) is 10.9 Å². The lowest BCUT2D eigenvalue weighted by Gasteiger charge is -2.29. The summed E-state index contributed by atoms with van der Waals surface area (Å²) in [5, 5.41) is 3.60. The zero-order valence-corrected chi connectivity index (χ0v) is 14.5. The van der Waals surface area contributed by atoms with Crippen molar-refractivity contribution in [3.05, 3.63) is 40.9 Å². The lowest BCUT2D eigenvalue weighted by molar-refractivity contribution is -0.123. The largest absolute Gasteiger partial charge is 0.349 e. The van der Waals surface area contributed by atoms with Crippen LogP contribution in [0.25, 0.3) is 10.9 Å². The van der Waals surface area contributed by atoms with Crippen molar-refractivity contribution in [3.63, 3.8) is 0 Å². The van der Waals surface area contributed by atoms with Crippen LogP contribution in [0.1, 0.15) is 26.2 Å². The Bertz CT molecular complexity index is 787. The van der Waals surface area contributed by atoms with Gasteiger partial charge in [0.05, 0.1) is 22.8 Å². The maximum absolute atomic E-state index is 12.4. The molecule has 1 aromatic carbocycles. The van der Waals surface area contributed by atoms with E-state index in [1.807, 2.05) is 19.1 Å². The molecule has 1 aliphatic carbocycles. The predicted molar refractivity (Wildman–Crippen MR) is 96.2 cm³/mol. The standard InChI is InChI=1S/C17H22N4O2.ClH/c1-17(10-18,12-6-7-12)20-15(22)8-9-21-11-19-14-5-3-2-4-13(14)16(21)23;/h2-5,11-12H,6-10,18H2,1H3,(H,20,22);1H. The van der Waals surface area contributed by atoms with Crippen LogP contribution in [0.15, 0.2) is 35.4 Å². The van der Waals surface area contributed by atoms with E-state index in [0.717, 1.165) is 12.8 Å². The van der Waals surface area contributed by atoms with Gasteiger partial charge >= 0.3 is 0 Å². The Kier molecular flexibility index (Phi) is 5.62. The fourth-order valence-corrected chi connectivity index (χ4v) is 2.91. The molecule has 3 N–H and O–H groups in total. The van der Waals surface area contributed by atoms with Crippen molar-refractivity contribution in [2.75, 3.05) is 6.54 Å². The summed E-state index contributed by atoms with van der Waals surface area (Å²) in [6.45, 7) is 2.74. The summed E-state index contributed by atoms with van der Waals surface area (Å²) in [4.78, 5) is 28.8. The highest BCUT2D eigenvalue weighted by Gasteiger charge is 2.41. The summed E-state index contributed by atoms with van der Waals surface area (Å²) in [6.07, 6.45) is 3.97. The molecule has 0 saturated heterocycles. The Morgan fingerprint density at radius 2 is 2.12 bits per heavy atom. The number of hydrogen-bond donors (Lipinski definition) is 2. The summed E-state index contributed by atoms with van der Waals surface area (Å²) in [5.41, 5.74) is 6.03. The van der Waals surface area contributed by atoms with E-state index >= 15 is 0 Å². The lowest BCUT2D eigenvalue weighted by atomic mass is 9.96. The second kappa shape index (κ2) is 7.32. The Hall–Kier alpha value is -1.92. The number of para-hydroxylation sites is 1. The van der Waals surface area contributed by atoms with Crippen LogP contribution in [-0.2, 0) is 11.3 Å². The minimum Gasteiger partial charge on any atom is -0.349 e. The number of amides is 1. The fourth-order valence-electron chi connectivity index (χ4n) is 2.91. The molecular formula is C17H23ClN4O2. The lowest BCUT2D eigenvalue weighted by Crippen LogP contribution is -2.53. The molecule has 1 aromatic heterocycles. The van der Waals surface area contributed by atoms with Crippen LogP contribution in [0.2, 0.25) is 0 Å². The fraction of sp³-hybridized carbons (Fsp3) is 0.471. The molecule has 1 saturated carbocycles. The number of carbonyl (C=O) groups excluding carboxylic acids is 1. The third kappa shape index (κ3) is 3.76. The van der Waals surface area contributed by atoms with Crippen LogP contribution >= 0.6 is 12.4 Å². The maximum atomic E-state index is 12.4. The van der Waals surface area contributed by atoms with Gasteiger partial charge < -0.3 is 11.1 Å². The molecular weight excluding hydrogens is 328 g/mol. The van der Waals surface area contributed by atoms with E-state index in [-0.39, 0.29) is 35.8 Å². The molecule has 1 heterocycles. The monoisotopic (exact) mass is 350 g/mol. The quantitative estimate of drug-likeness (QED) is 0.825. The van der Waals surface area contributed by atoms with E-state index in [1.54, 1.807) is 12.1 Å². The van der Waals surface area contributed by atoms with E-state index in [9.17, 15) is 9.59 Å². The van der Waals surface area contributed by atoms with Crippen molar-refractivity contribution < 1.29 is 4.79 Å². The molecule has 130 valence electrons. The van der Waals surface area contributed by atoms with Crippen molar-refractivity contribution >= 4 is 29.2 Å². The average Bonchev–Trinajstić information content (AvgIpc) is 3.40. The number of nitrogens with two attached hydrogens (primary N) is 1. The number of hydrogen-bond acceptors (Lipinski definition) is 4. The predicted octanol–water partition coefficient (Wildman–Crippen LogP) is 1.45. The zero-order valence-electron chi connectivity index (χ0n) is 13.7. The molecule has 1 amide bonds. The van der Waals surface area contributed by atoms with Gasteiger partial charge in [-0.05, 0) is 37.8 Å². The highest BCUT2D eigenvalue weighted by atomic mass is 35.5. The summed E-state index contributed by atoms with van der Waals surface area (Å²) in [7, 11) is 0. The number of nitrogens with one attached hydrogen (secondary N) is 1. The molecule has 1 fully saturated rings. The van der Waals surface area contributed by atoms with Gasteiger partial charge in [0.25, 0.3) is 5.56 Å². The summed E-state index contributed by atoms with van der Waals surface area (Å²) in [5.74, 6) is 0.395.